The number of anilines is 1. The number of nitrogens with zero attached hydrogens (tertiary/aromatic N) is 4. The maximum Gasteiger partial charge on any atom is 0.362 e. The van der Waals surface area contributed by atoms with E-state index in [0.29, 0.717) is 29.0 Å². The van der Waals surface area contributed by atoms with Gasteiger partial charge in [0.05, 0.1) is 12.9 Å². The Morgan fingerprint density at radius 1 is 1.29 bits per heavy atom. The molecular weight excluding hydrogens is 357 g/mol. The fraction of sp³-hybridized carbons (Fsp3) is 0.154. The van der Waals surface area contributed by atoms with Crippen molar-refractivity contribution >= 4 is 36.3 Å². The zero-order chi connectivity index (χ0) is 17.3. The number of aromatic nitrogens is 4. The van der Waals surface area contributed by atoms with Crippen molar-refractivity contribution in [3.63, 3.8) is 0 Å². The lowest BCUT2D eigenvalue weighted by molar-refractivity contribution is 0.298. The van der Waals surface area contributed by atoms with Crippen molar-refractivity contribution in [1.82, 2.24) is 19.5 Å². The molecule has 0 saturated heterocycles. The Hall–Kier alpha value is -2.19. The van der Waals surface area contributed by atoms with Crippen LogP contribution in [0.2, 0.25) is 5.15 Å². The molecule has 0 aliphatic carbocycles. The normalized spacial score (nSPS) is 11.8. The molecule has 0 aliphatic heterocycles. The third-order valence-electron chi connectivity index (χ3n) is 3.14. The number of para-hydroxylation sites is 1. The number of nitrogen functional groups attached to an aromatic ring is 1. The first-order valence-corrected chi connectivity index (χ1v) is 8.90. The van der Waals surface area contributed by atoms with Crippen LogP contribution in [-0.2, 0) is 11.1 Å². The molecule has 3 rings (SSSR count). The van der Waals surface area contributed by atoms with Crippen molar-refractivity contribution < 1.29 is 19.1 Å². The molecule has 2 heterocycles. The number of fused-ring (bicyclic) bond motifs is 1. The zero-order valence-electron chi connectivity index (χ0n) is 12.2. The molecule has 0 bridgehead atoms. The van der Waals surface area contributed by atoms with E-state index < -0.39 is 13.9 Å². The molecule has 126 valence electrons. The van der Waals surface area contributed by atoms with Crippen molar-refractivity contribution in [2.75, 3.05) is 12.1 Å². The lowest BCUT2D eigenvalue weighted by Crippen LogP contribution is -2.05. The second-order valence-electron chi connectivity index (χ2n) is 4.96. The summed E-state index contributed by atoms with van der Waals surface area (Å²) in [6.45, 7) is 0.306. The summed E-state index contributed by atoms with van der Waals surface area (Å²) in [7, 11) is -4.27. The Morgan fingerprint density at radius 2 is 2.04 bits per heavy atom. The molecule has 2 aromatic heterocycles. The van der Waals surface area contributed by atoms with Gasteiger partial charge in [0.15, 0.2) is 17.1 Å². The molecule has 11 heteroatoms. The van der Waals surface area contributed by atoms with Crippen molar-refractivity contribution in [2.45, 2.75) is 6.54 Å². The minimum absolute atomic E-state index is 0.0280. The summed E-state index contributed by atoms with van der Waals surface area (Å²) in [5.41, 5.74) is 7.18. The van der Waals surface area contributed by atoms with Crippen LogP contribution < -0.4 is 10.5 Å². The Kier molecular flexibility index (Phi) is 4.42. The molecule has 0 unspecified atom stereocenters. The highest BCUT2D eigenvalue weighted by atomic mass is 35.5. The number of ether oxygens (including phenoxy) is 1. The SMILES string of the molecule is Nc1nc(Cl)c2ncn(Cc3ccccc3OCP(=O)(O)O)c2n1. The molecule has 0 aliphatic rings. The fourth-order valence-electron chi connectivity index (χ4n) is 2.15. The van der Waals surface area contributed by atoms with E-state index in [1.54, 1.807) is 28.8 Å². The van der Waals surface area contributed by atoms with Crippen LogP contribution in [0.15, 0.2) is 30.6 Å². The van der Waals surface area contributed by atoms with Crippen molar-refractivity contribution in [3.05, 3.63) is 41.3 Å². The highest BCUT2D eigenvalue weighted by Crippen LogP contribution is 2.35. The molecule has 0 atom stereocenters. The summed E-state index contributed by atoms with van der Waals surface area (Å²) in [6.07, 6.45) is 0.833. The zero-order valence-corrected chi connectivity index (χ0v) is 13.9. The average Bonchev–Trinajstić information content (AvgIpc) is 2.89. The van der Waals surface area contributed by atoms with Crippen LogP contribution in [0.4, 0.5) is 5.95 Å². The molecule has 3 aromatic rings. The Bertz CT molecular complexity index is 941. The monoisotopic (exact) mass is 369 g/mol. The highest BCUT2D eigenvalue weighted by molar-refractivity contribution is 7.51. The van der Waals surface area contributed by atoms with Crippen LogP contribution in [0, 0.1) is 0 Å². The predicted molar refractivity (Wildman–Crippen MR) is 87.8 cm³/mol. The molecule has 0 amide bonds. The second-order valence-corrected chi connectivity index (χ2v) is 6.91. The van der Waals surface area contributed by atoms with Crippen molar-refractivity contribution in [1.29, 1.82) is 0 Å². The van der Waals surface area contributed by atoms with E-state index in [1.807, 2.05) is 0 Å². The molecular formula is C13H13ClN5O4P. The second kappa shape index (κ2) is 6.37. The quantitative estimate of drug-likeness (QED) is 0.456. The van der Waals surface area contributed by atoms with Gasteiger partial charge >= 0.3 is 7.60 Å². The Labute approximate surface area is 141 Å². The summed E-state index contributed by atoms with van der Waals surface area (Å²) in [5, 5.41) is 0.155. The third kappa shape index (κ3) is 3.65. The summed E-state index contributed by atoms with van der Waals surface area (Å²) in [6, 6.07) is 6.89. The first-order valence-electron chi connectivity index (χ1n) is 6.72. The topological polar surface area (TPSA) is 136 Å². The number of benzene rings is 1. The van der Waals surface area contributed by atoms with Gasteiger partial charge in [0.1, 0.15) is 11.3 Å². The van der Waals surface area contributed by atoms with E-state index in [4.69, 9.17) is 31.9 Å². The van der Waals surface area contributed by atoms with Gasteiger partial charge in [-0.2, -0.15) is 9.97 Å². The van der Waals surface area contributed by atoms with Gasteiger partial charge in [-0.05, 0) is 6.07 Å². The standard InChI is InChI=1S/C13H13ClN5O4P/c14-11-10-12(18-13(15)17-11)19(6-16-10)5-8-3-1-2-4-9(8)23-7-24(20,21)22/h1-4,6H,5,7H2,(H2,15,17,18)(H2,20,21,22). The number of hydrogen-bond acceptors (Lipinski definition) is 6. The molecule has 4 N–H and O–H groups in total. The smallest absolute Gasteiger partial charge is 0.362 e. The summed E-state index contributed by atoms with van der Waals surface area (Å²) in [5.74, 6) is 0.385. The molecule has 0 fully saturated rings. The van der Waals surface area contributed by atoms with Gasteiger partial charge in [-0.1, -0.05) is 29.8 Å². The van der Waals surface area contributed by atoms with E-state index in [1.165, 1.54) is 6.33 Å². The van der Waals surface area contributed by atoms with Crippen molar-refractivity contribution in [2.24, 2.45) is 0 Å². The van der Waals surface area contributed by atoms with Crippen LogP contribution in [0.3, 0.4) is 0 Å². The maximum atomic E-state index is 11.0. The number of hydrogen-bond donors (Lipinski definition) is 3. The largest absolute Gasteiger partial charge is 0.481 e. The molecule has 0 radical (unpaired) electrons. The molecule has 1 aromatic carbocycles. The summed E-state index contributed by atoms with van der Waals surface area (Å²) in [4.78, 5) is 30.0. The van der Waals surface area contributed by atoms with Crippen LogP contribution in [0.25, 0.3) is 11.2 Å². The number of rotatable bonds is 5. The Balaban J connectivity index is 1.93. The van der Waals surface area contributed by atoms with Gasteiger partial charge in [-0.3, -0.25) is 4.57 Å². The van der Waals surface area contributed by atoms with E-state index in [0.717, 1.165) is 0 Å². The van der Waals surface area contributed by atoms with Gasteiger partial charge in [0.25, 0.3) is 0 Å². The predicted octanol–water partition coefficient (Wildman–Crippen LogP) is 1.62. The van der Waals surface area contributed by atoms with Gasteiger partial charge in [-0.15, -0.1) is 0 Å². The molecule has 24 heavy (non-hydrogen) atoms. The first kappa shape index (κ1) is 16.7. The fourth-order valence-corrected chi connectivity index (χ4v) is 2.68. The first-order chi connectivity index (χ1) is 11.3. The van der Waals surface area contributed by atoms with E-state index in [-0.39, 0.29) is 11.1 Å². The number of halogens is 1. The minimum atomic E-state index is -4.27. The summed E-state index contributed by atoms with van der Waals surface area (Å²) >= 11 is 5.99. The highest BCUT2D eigenvalue weighted by Gasteiger charge is 2.16. The van der Waals surface area contributed by atoms with E-state index in [9.17, 15) is 4.57 Å². The van der Waals surface area contributed by atoms with Crippen LogP contribution in [-0.4, -0.2) is 35.7 Å². The lowest BCUT2D eigenvalue weighted by atomic mass is 10.2. The number of imidazole rings is 1. The summed E-state index contributed by atoms with van der Waals surface area (Å²) < 4.78 is 17.9. The molecule has 9 nitrogen and oxygen atoms in total. The van der Waals surface area contributed by atoms with Gasteiger partial charge < -0.3 is 24.8 Å². The van der Waals surface area contributed by atoms with Gasteiger partial charge in [0, 0.05) is 5.56 Å². The maximum absolute atomic E-state index is 11.0. The van der Waals surface area contributed by atoms with E-state index in [2.05, 4.69) is 15.0 Å². The van der Waals surface area contributed by atoms with Gasteiger partial charge in [0.2, 0.25) is 5.95 Å². The Morgan fingerprint density at radius 3 is 2.79 bits per heavy atom. The lowest BCUT2D eigenvalue weighted by Gasteiger charge is -2.12. The average molecular weight is 370 g/mol. The molecule has 0 saturated carbocycles. The number of nitrogens with two attached hydrogens (primary N) is 1. The van der Waals surface area contributed by atoms with E-state index >= 15 is 0 Å². The molecule has 0 spiro atoms. The third-order valence-corrected chi connectivity index (χ3v) is 3.87. The van der Waals surface area contributed by atoms with Gasteiger partial charge in [-0.25, -0.2) is 4.98 Å². The van der Waals surface area contributed by atoms with Crippen LogP contribution >= 0.6 is 19.2 Å². The minimum Gasteiger partial charge on any atom is -0.481 e. The van der Waals surface area contributed by atoms with Crippen LogP contribution in [0.1, 0.15) is 5.56 Å². The van der Waals surface area contributed by atoms with Crippen molar-refractivity contribution in [3.8, 4) is 5.75 Å². The van der Waals surface area contributed by atoms with Crippen LogP contribution in [0.5, 0.6) is 5.75 Å².